The van der Waals surface area contributed by atoms with Gasteiger partial charge in [-0.05, 0) is 61.7 Å². The van der Waals surface area contributed by atoms with Gasteiger partial charge in [0.1, 0.15) is 24.1 Å². The van der Waals surface area contributed by atoms with E-state index in [1.54, 1.807) is 55.5 Å². The summed E-state index contributed by atoms with van der Waals surface area (Å²) in [7, 11) is -1.41. The first kappa shape index (κ1) is 32.4. The summed E-state index contributed by atoms with van der Waals surface area (Å²) in [6.07, 6.45) is 3.80. The van der Waals surface area contributed by atoms with Gasteiger partial charge in [-0.15, -0.1) is 0 Å². The van der Waals surface area contributed by atoms with Crippen LogP contribution in [0.1, 0.15) is 38.2 Å². The molecular formula is C31H35Cl2N3O6S. The highest BCUT2D eigenvalue weighted by molar-refractivity contribution is 7.92. The summed E-state index contributed by atoms with van der Waals surface area (Å²) in [5.41, 5.74) is 0.733. The van der Waals surface area contributed by atoms with Crippen LogP contribution in [0.15, 0.2) is 71.6 Å². The number of benzene rings is 3. The van der Waals surface area contributed by atoms with Crippen LogP contribution in [0.25, 0.3) is 0 Å². The topological polar surface area (TPSA) is 105 Å². The van der Waals surface area contributed by atoms with Crippen molar-refractivity contribution in [1.29, 1.82) is 0 Å². The highest BCUT2D eigenvalue weighted by Gasteiger charge is 2.34. The minimum absolute atomic E-state index is 0.0105. The number of carbonyl (C=O) groups excluding carboxylic acids is 2. The number of halogens is 2. The van der Waals surface area contributed by atoms with E-state index in [-0.39, 0.29) is 34.8 Å². The highest BCUT2D eigenvalue weighted by atomic mass is 35.5. The van der Waals surface area contributed by atoms with Gasteiger partial charge in [0.15, 0.2) is 0 Å². The molecule has 0 heterocycles. The average molecular weight is 649 g/mol. The van der Waals surface area contributed by atoms with E-state index in [0.29, 0.717) is 21.4 Å². The molecule has 0 saturated heterocycles. The lowest BCUT2D eigenvalue weighted by molar-refractivity contribution is -0.139. The van der Waals surface area contributed by atoms with Crippen molar-refractivity contribution in [2.75, 3.05) is 25.1 Å². The van der Waals surface area contributed by atoms with Gasteiger partial charge < -0.3 is 19.7 Å². The fourth-order valence-electron chi connectivity index (χ4n) is 5.03. The van der Waals surface area contributed by atoms with Gasteiger partial charge >= 0.3 is 0 Å². The number of ether oxygens (including phenoxy) is 2. The van der Waals surface area contributed by atoms with Crippen molar-refractivity contribution < 1.29 is 27.5 Å². The van der Waals surface area contributed by atoms with Gasteiger partial charge in [0.2, 0.25) is 11.8 Å². The molecule has 43 heavy (non-hydrogen) atoms. The molecular weight excluding hydrogens is 613 g/mol. The van der Waals surface area contributed by atoms with E-state index in [4.69, 9.17) is 32.7 Å². The summed E-state index contributed by atoms with van der Waals surface area (Å²) in [6.45, 7) is 0.994. The van der Waals surface area contributed by atoms with Crippen molar-refractivity contribution in [2.45, 2.75) is 56.1 Å². The Morgan fingerprint density at radius 2 is 1.65 bits per heavy atom. The maximum Gasteiger partial charge on any atom is 0.264 e. The minimum atomic E-state index is -4.28. The second-order valence-electron chi connectivity index (χ2n) is 10.3. The molecule has 0 bridgehead atoms. The first-order valence-corrected chi connectivity index (χ1v) is 16.1. The number of anilines is 1. The van der Waals surface area contributed by atoms with E-state index < -0.39 is 28.5 Å². The van der Waals surface area contributed by atoms with Gasteiger partial charge in [-0.25, -0.2) is 8.42 Å². The van der Waals surface area contributed by atoms with Gasteiger partial charge in [-0.1, -0.05) is 60.3 Å². The molecule has 1 fully saturated rings. The smallest absolute Gasteiger partial charge is 0.264 e. The fraction of sp³-hybridized carbons (Fsp3) is 0.355. The third-order valence-electron chi connectivity index (χ3n) is 7.47. The largest absolute Gasteiger partial charge is 0.497 e. The third-order valence-corrected chi connectivity index (χ3v) is 9.98. The Morgan fingerprint density at radius 1 is 0.953 bits per heavy atom. The van der Waals surface area contributed by atoms with Gasteiger partial charge in [0.25, 0.3) is 10.0 Å². The van der Waals surface area contributed by atoms with E-state index in [0.717, 1.165) is 30.0 Å². The van der Waals surface area contributed by atoms with Crippen LogP contribution in [0.2, 0.25) is 10.0 Å². The Kier molecular flexibility index (Phi) is 10.8. The summed E-state index contributed by atoms with van der Waals surface area (Å²) < 4.78 is 40.0. The Labute approximate surface area is 262 Å². The van der Waals surface area contributed by atoms with Gasteiger partial charge in [-0.3, -0.25) is 13.9 Å². The Hall–Kier alpha value is -3.47. The minimum Gasteiger partial charge on any atom is -0.497 e. The van der Waals surface area contributed by atoms with Crippen molar-refractivity contribution >= 4 is 50.7 Å². The van der Waals surface area contributed by atoms with Crippen LogP contribution >= 0.6 is 23.2 Å². The molecule has 4 rings (SSSR count). The Bertz CT molecular complexity index is 1550. The summed E-state index contributed by atoms with van der Waals surface area (Å²) in [6, 6.07) is 16.5. The number of rotatable bonds is 12. The Morgan fingerprint density at radius 3 is 2.28 bits per heavy atom. The molecule has 1 unspecified atom stereocenters. The van der Waals surface area contributed by atoms with E-state index >= 15 is 0 Å². The predicted molar refractivity (Wildman–Crippen MR) is 167 cm³/mol. The molecule has 2 amide bonds. The number of methoxy groups -OCH3 is 2. The molecule has 0 aliphatic heterocycles. The quantitative estimate of drug-likeness (QED) is 0.271. The van der Waals surface area contributed by atoms with Crippen LogP contribution in [0.4, 0.5) is 5.69 Å². The summed E-state index contributed by atoms with van der Waals surface area (Å²) in [4.78, 5) is 28.9. The highest BCUT2D eigenvalue weighted by Crippen LogP contribution is 2.36. The number of nitrogens with zero attached hydrogens (tertiary/aromatic N) is 2. The van der Waals surface area contributed by atoms with E-state index in [1.807, 2.05) is 0 Å². The number of hydrogen-bond donors (Lipinski definition) is 1. The molecule has 0 aromatic heterocycles. The zero-order valence-corrected chi connectivity index (χ0v) is 26.6. The molecule has 1 N–H and O–H groups in total. The number of amides is 2. The molecule has 3 aromatic rings. The zero-order valence-electron chi connectivity index (χ0n) is 24.3. The summed E-state index contributed by atoms with van der Waals surface area (Å²) in [5, 5.41) is 3.69. The third kappa shape index (κ3) is 7.74. The van der Waals surface area contributed by atoms with E-state index in [9.17, 15) is 18.0 Å². The second-order valence-corrected chi connectivity index (χ2v) is 13.0. The molecule has 3 aromatic carbocycles. The van der Waals surface area contributed by atoms with Crippen molar-refractivity contribution in [2.24, 2.45) is 0 Å². The van der Waals surface area contributed by atoms with Crippen molar-refractivity contribution in [3.05, 3.63) is 82.3 Å². The molecule has 0 spiro atoms. The maximum absolute atomic E-state index is 14.2. The van der Waals surface area contributed by atoms with Crippen LogP contribution < -0.4 is 19.1 Å². The fourth-order valence-corrected chi connectivity index (χ4v) is 6.79. The van der Waals surface area contributed by atoms with Gasteiger partial charge in [0.05, 0.1) is 34.8 Å². The van der Waals surface area contributed by atoms with E-state index in [2.05, 4.69) is 5.32 Å². The first-order chi connectivity index (χ1) is 20.5. The Balaban J connectivity index is 1.75. The van der Waals surface area contributed by atoms with Crippen LogP contribution in [0.3, 0.4) is 0 Å². The van der Waals surface area contributed by atoms with Crippen molar-refractivity contribution in [3.8, 4) is 11.5 Å². The van der Waals surface area contributed by atoms with Crippen LogP contribution in [0.5, 0.6) is 11.5 Å². The lowest BCUT2D eigenvalue weighted by Gasteiger charge is -2.33. The van der Waals surface area contributed by atoms with Crippen molar-refractivity contribution in [1.82, 2.24) is 10.2 Å². The lowest BCUT2D eigenvalue weighted by atomic mass is 10.1. The SMILES string of the molecule is COc1ccc(OC)c(N(CC(=O)N(Cc2ccc(Cl)c(Cl)c2)C(C)C(=O)NC2CCCC2)S(=O)(=O)c2ccccc2)c1. The number of sulfonamides is 1. The number of nitrogens with one attached hydrogen (secondary N) is 1. The molecule has 230 valence electrons. The molecule has 9 nitrogen and oxygen atoms in total. The monoisotopic (exact) mass is 647 g/mol. The second kappa shape index (κ2) is 14.3. The normalized spacial score (nSPS) is 14.2. The predicted octanol–water partition coefficient (Wildman–Crippen LogP) is 5.68. The van der Waals surface area contributed by atoms with Gasteiger partial charge in [-0.2, -0.15) is 0 Å². The number of carbonyl (C=O) groups is 2. The van der Waals surface area contributed by atoms with Gasteiger partial charge in [0, 0.05) is 18.7 Å². The molecule has 1 aliphatic rings. The molecule has 12 heteroatoms. The van der Waals surface area contributed by atoms with Crippen LogP contribution in [0, 0.1) is 0 Å². The molecule has 0 radical (unpaired) electrons. The molecule has 1 saturated carbocycles. The summed E-state index contributed by atoms with van der Waals surface area (Å²) >= 11 is 12.4. The standard InChI is InChI=1S/C31H35Cl2N3O6S/c1-21(31(38)34-23-9-7-8-10-23)35(19-22-13-15-26(32)27(33)17-22)30(37)20-36(43(39,40)25-11-5-4-6-12-25)28-18-24(41-2)14-16-29(28)42-3/h4-6,11-18,21,23H,7-10,19-20H2,1-3H3,(H,34,38). The maximum atomic E-state index is 14.2. The molecule has 1 atom stereocenters. The number of hydrogen-bond acceptors (Lipinski definition) is 6. The lowest BCUT2D eigenvalue weighted by Crippen LogP contribution is -2.52. The zero-order chi connectivity index (χ0) is 31.1. The molecule has 1 aliphatic carbocycles. The van der Waals surface area contributed by atoms with Crippen molar-refractivity contribution in [3.63, 3.8) is 0 Å². The average Bonchev–Trinajstić information content (AvgIpc) is 3.53. The van der Waals surface area contributed by atoms with Crippen LogP contribution in [-0.4, -0.2) is 58.0 Å². The van der Waals surface area contributed by atoms with E-state index in [1.165, 1.54) is 37.3 Å². The first-order valence-electron chi connectivity index (χ1n) is 13.9. The summed E-state index contributed by atoms with van der Waals surface area (Å²) in [5.74, 6) is -0.342. The van der Waals surface area contributed by atoms with Crippen LogP contribution in [-0.2, 0) is 26.2 Å².